The average molecular weight is 347 g/mol. The summed E-state index contributed by atoms with van der Waals surface area (Å²) < 4.78 is 11.9. The van der Waals surface area contributed by atoms with Gasteiger partial charge < -0.3 is 19.9 Å². The van der Waals surface area contributed by atoms with Gasteiger partial charge in [-0.05, 0) is 24.1 Å². The second-order valence-corrected chi connectivity index (χ2v) is 5.75. The summed E-state index contributed by atoms with van der Waals surface area (Å²) in [6.45, 7) is 3.96. The molecule has 0 spiro atoms. The molecule has 0 aliphatic carbocycles. The Hall–Kier alpha value is -3.03. The standard InChI is InChI=1S/C17H21N3O5/c1-9(2)11-8-13(20(3)19-11)16(21)18-12-6-10(17(22)23)7-14(24-4)15(12)25-5/h6-9H,1-5H3,(H,18,21)(H,22,23). The molecule has 0 bridgehead atoms. The number of hydrogen-bond donors (Lipinski definition) is 2. The summed E-state index contributed by atoms with van der Waals surface area (Å²) in [6.07, 6.45) is 0. The molecule has 0 aliphatic rings. The molecule has 0 radical (unpaired) electrons. The van der Waals surface area contributed by atoms with E-state index in [1.807, 2.05) is 13.8 Å². The van der Waals surface area contributed by atoms with Crippen LogP contribution in [0.5, 0.6) is 11.5 Å². The van der Waals surface area contributed by atoms with E-state index in [1.54, 1.807) is 13.1 Å². The Balaban J connectivity index is 2.43. The third-order valence-corrected chi connectivity index (χ3v) is 3.70. The Morgan fingerprint density at radius 1 is 1.20 bits per heavy atom. The van der Waals surface area contributed by atoms with Crippen LogP contribution in [0.1, 0.15) is 46.3 Å². The van der Waals surface area contributed by atoms with Gasteiger partial charge >= 0.3 is 5.97 Å². The van der Waals surface area contributed by atoms with Gasteiger partial charge in [-0.2, -0.15) is 5.10 Å². The van der Waals surface area contributed by atoms with Crippen LogP contribution in [0, 0.1) is 0 Å². The van der Waals surface area contributed by atoms with Crippen molar-refractivity contribution >= 4 is 17.6 Å². The number of ether oxygens (including phenoxy) is 2. The summed E-state index contributed by atoms with van der Waals surface area (Å²) in [5.41, 5.74) is 1.32. The molecule has 1 amide bonds. The highest BCUT2D eigenvalue weighted by molar-refractivity contribution is 6.05. The first kappa shape index (κ1) is 18.3. The number of anilines is 1. The maximum Gasteiger partial charge on any atom is 0.335 e. The monoisotopic (exact) mass is 347 g/mol. The van der Waals surface area contributed by atoms with Crippen LogP contribution in [0.15, 0.2) is 18.2 Å². The summed E-state index contributed by atoms with van der Waals surface area (Å²) >= 11 is 0. The van der Waals surface area contributed by atoms with E-state index in [1.165, 1.54) is 31.0 Å². The number of aryl methyl sites for hydroxylation is 1. The third-order valence-electron chi connectivity index (χ3n) is 3.70. The highest BCUT2D eigenvalue weighted by Gasteiger charge is 2.20. The number of methoxy groups -OCH3 is 2. The van der Waals surface area contributed by atoms with Crippen LogP contribution in [-0.4, -0.2) is 41.0 Å². The number of aromatic carboxylic acids is 1. The van der Waals surface area contributed by atoms with E-state index in [0.717, 1.165) is 5.69 Å². The number of amides is 1. The molecule has 1 heterocycles. The van der Waals surface area contributed by atoms with Gasteiger partial charge in [0, 0.05) is 7.05 Å². The number of aromatic nitrogens is 2. The number of carbonyl (C=O) groups is 2. The number of carboxylic acid groups (broad SMARTS) is 1. The molecule has 0 saturated carbocycles. The molecule has 25 heavy (non-hydrogen) atoms. The molecule has 2 rings (SSSR count). The molecule has 8 heteroatoms. The summed E-state index contributed by atoms with van der Waals surface area (Å²) in [5, 5.41) is 16.2. The Labute approximate surface area is 145 Å². The number of nitrogens with zero attached hydrogens (tertiary/aromatic N) is 2. The van der Waals surface area contributed by atoms with Gasteiger partial charge in [0.15, 0.2) is 11.5 Å². The maximum absolute atomic E-state index is 12.6. The van der Waals surface area contributed by atoms with Gasteiger partial charge in [0.05, 0.1) is 31.2 Å². The second-order valence-electron chi connectivity index (χ2n) is 5.75. The summed E-state index contributed by atoms with van der Waals surface area (Å²) in [7, 11) is 4.48. The molecule has 0 unspecified atom stereocenters. The highest BCUT2D eigenvalue weighted by Crippen LogP contribution is 2.37. The Morgan fingerprint density at radius 3 is 2.36 bits per heavy atom. The first-order chi connectivity index (χ1) is 11.8. The van der Waals surface area contributed by atoms with Crippen molar-refractivity contribution in [3.8, 4) is 11.5 Å². The van der Waals surface area contributed by atoms with E-state index in [9.17, 15) is 14.7 Å². The van der Waals surface area contributed by atoms with Gasteiger partial charge in [0.2, 0.25) is 0 Å². The largest absolute Gasteiger partial charge is 0.493 e. The molecule has 0 saturated heterocycles. The lowest BCUT2D eigenvalue weighted by atomic mass is 10.1. The van der Waals surface area contributed by atoms with Crippen molar-refractivity contribution in [2.75, 3.05) is 19.5 Å². The van der Waals surface area contributed by atoms with Crippen molar-refractivity contribution in [1.29, 1.82) is 0 Å². The van der Waals surface area contributed by atoms with Gasteiger partial charge in [-0.25, -0.2) is 4.79 Å². The SMILES string of the molecule is COc1cc(C(=O)O)cc(NC(=O)c2cc(C(C)C)nn2C)c1OC. The van der Waals surface area contributed by atoms with Gasteiger partial charge in [0.1, 0.15) is 5.69 Å². The van der Waals surface area contributed by atoms with E-state index >= 15 is 0 Å². The predicted molar refractivity (Wildman–Crippen MR) is 91.8 cm³/mol. The van der Waals surface area contributed by atoms with Crippen LogP contribution >= 0.6 is 0 Å². The molecule has 8 nitrogen and oxygen atoms in total. The maximum atomic E-state index is 12.6. The van der Waals surface area contributed by atoms with Crippen molar-refractivity contribution in [3.63, 3.8) is 0 Å². The molecule has 2 aromatic rings. The van der Waals surface area contributed by atoms with Crippen LogP contribution in [0.25, 0.3) is 0 Å². The molecule has 1 aromatic carbocycles. The number of carbonyl (C=O) groups excluding carboxylic acids is 1. The van der Waals surface area contributed by atoms with Crippen LogP contribution in [0.3, 0.4) is 0 Å². The van der Waals surface area contributed by atoms with Crippen molar-refractivity contribution in [2.45, 2.75) is 19.8 Å². The van der Waals surface area contributed by atoms with Gasteiger partial charge in [0.25, 0.3) is 5.91 Å². The van der Waals surface area contributed by atoms with E-state index in [2.05, 4.69) is 10.4 Å². The van der Waals surface area contributed by atoms with Gasteiger partial charge in [-0.3, -0.25) is 9.48 Å². The minimum absolute atomic E-state index is 0.0270. The van der Waals surface area contributed by atoms with Crippen LogP contribution in [-0.2, 0) is 7.05 Å². The zero-order valence-electron chi connectivity index (χ0n) is 14.8. The molecular formula is C17H21N3O5. The topological polar surface area (TPSA) is 103 Å². The average Bonchev–Trinajstić information content (AvgIpc) is 2.96. The van der Waals surface area contributed by atoms with E-state index < -0.39 is 11.9 Å². The Kier molecular flexibility index (Phi) is 5.31. The smallest absolute Gasteiger partial charge is 0.335 e. The van der Waals surface area contributed by atoms with Crippen LogP contribution in [0.2, 0.25) is 0 Å². The van der Waals surface area contributed by atoms with Crippen molar-refractivity contribution in [2.24, 2.45) is 7.05 Å². The fourth-order valence-corrected chi connectivity index (χ4v) is 2.35. The number of nitrogens with one attached hydrogen (secondary N) is 1. The molecule has 0 fully saturated rings. The fourth-order valence-electron chi connectivity index (χ4n) is 2.35. The van der Waals surface area contributed by atoms with Crippen molar-refractivity contribution in [3.05, 3.63) is 35.2 Å². The normalized spacial score (nSPS) is 10.6. The zero-order valence-corrected chi connectivity index (χ0v) is 14.8. The Bertz CT molecular complexity index is 811. The summed E-state index contributed by atoms with van der Waals surface area (Å²) in [6, 6.07) is 4.35. The quantitative estimate of drug-likeness (QED) is 0.832. The first-order valence-electron chi connectivity index (χ1n) is 7.63. The highest BCUT2D eigenvalue weighted by atomic mass is 16.5. The molecule has 2 N–H and O–H groups in total. The molecule has 0 aliphatic heterocycles. The lowest BCUT2D eigenvalue weighted by molar-refractivity contribution is 0.0696. The van der Waals surface area contributed by atoms with E-state index in [4.69, 9.17) is 9.47 Å². The van der Waals surface area contributed by atoms with Crippen molar-refractivity contribution in [1.82, 2.24) is 9.78 Å². The van der Waals surface area contributed by atoms with Crippen molar-refractivity contribution < 1.29 is 24.2 Å². The molecular weight excluding hydrogens is 326 g/mol. The lowest BCUT2D eigenvalue weighted by Gasteiger charge is -2.14. The van der Waals surface area contributed by atoms with E-state index in [0.29, 0.717) is 5.69 Å². The molecule has 0 atom stereocenters. The minimum atomic E-state index is -1.14. The molecule has 1 aromatic heterocycles. The molecule has 134 valence electrons. The fraction of sp³-hybridized carbons (Fsp3) is 0.353. The number of carboxylic acids is 1. The first-order valence-corrected chi connectivity index (χ1v) is 7.63. The number of hydrogen-bond acceptors (Lipinski definition) is 5. The van der Waals surface area contributed by atoms with Crippen LogP contribution in [0.4, 0.5) is 5.69 Å². The zero-order chi connectivity index (χ0) is 18.7. The van der Waals surface area contributed by atoms with Gasteiger partial charge in [-0.1, -0.05) is 13.8 Å². The second kappa shape index (κ2) is 7.25. The third kappa shape index (κ3) is 3.73. The number of benzene rings is 1. The minimum Gasteiger partial charge on any atom is -0.493 e. The summed E-state index contributed by atoms with van der Waals surface area (Å²) in [5.74, 6) is -0.931. The van der Waals surface area contributed by atoms with Crippen LogP contribution < -0.4 is 14.8 Å². The summed E-state index contributed by atoms with van der Waals surface area (Å²) in [4.78, 5) is 23.9. The number of rotatable bonds is 6. The van der Waals surface area contributed by atoms with Gasteiger partial charge in [-0.15, -0.1) is 0 Å². The predicted octanol–water partition coefficient (Wildman–Crippen LogP) is 2.51. The van der Waals surface area contributed by atoms with E-state index in [-0.39, 0.29) is 28.7 Å². The Morgan fingerprint density at radius 2 is 1.88 bits per heavy atom. The lowest BCUT2D eigenvalue weighted by Crippen LogP contribution is -2.17.